The van der Waals surface area contributed by atoms with Crippen LogP contribution in [0, 0.1) is 17.8 Å². The Balaban J connectivity index is 0.000000125. The lowest BCUT2D eigenvalue weighted by molar-refractivity contribution is -0.118. The molecular formula is C39H48N6O3S6. The molecule has 288 valence electrons. The summed E-state index contributed by atoms with van der Waals surface area (Å²) in [5, 5.41) is 11.9. The highest BCUT2D eigenvalue weighted by Gasteiger charge is 2.34. The number of rotatable bonds is 9. The Morgan fingerprint density at radius 2 is 0.815 bits per heavy atom. The minimum Gasteiger partial charge on any atom is -0.389 e. The van der Waals surface area contributed by atoms with E-state index < -0.39 is 5.91 Å². The number of fused-ring (bicyclic) bond motifs is 3. The summed E-state index contributed by atoms with van der Waals surface area (Å²) in [6.07, 6.45) is 19.9. The third kappa shape index (κ3) is 9.24. The number of amides is 3. The molecule has 3 aromatic rings. The average molecular weight is 841 g/mol. The van der Waals surface area contributed by atoms with Gasteiger partial charge in [-0.15, -0.1) is 34.0 Å². The molecule has 0 spiro atoms. The van der Waals surface area contributed by atoms with Crippen molar-refractivity contribution in [3.05, 3.63) is 48.0 Å². The summed E-state index contributed by atoms with van der Waals surface area (Å²) >= 11 is 20.8. The van der Waals surface area contributed by atoms with Crippen LogP contribution in [0.4, 0.5) is 15.0 Å². The first kappa shape index (κ1) is 39.4. The molecule has 0 atom stereocenters. The lowest BCUT2D eigenvalue weighted by Gasteiger charge is -2.12. The van der Waals surface area contributed by atoms with Gasteiger partial charge in [0.05, 0.1) is 10.6 Å². The normalized spacial score (nSPS) is 18.2. The van der Waals surface area contributed by atoms with E-state index in [0.29, 0.717) is 26.5 Å². The van der Waals surface area contributed by atoms with Gasteiger partial charge >= 0.3 is 0 Å². The summed E-state index contributed by atoms with van der Waals surface area (Å²) in [5.74, 6) is 0.689. The Bertz CT molecular complexity index is 1780. The topological polar surface area (TPSA) is 165 Å². The minimum absolute atomic E-state index is 0.0381. The van der Waals surface area contributed by atoms with Crippen LogP contribution in [0.25, 0.3) is 0 Å². The van der Waals surface area contributed by atoms with Gasteiger partial charge in [0.1, 0.15) is 25.0 Å². The summed E-state index contributed by atoms with van der Waals surface area (Å²) in [6, 6.07) is 0. The van der Waals surface area contributed by atoms with E-state index in [1.54, 1.807) is 22.7 Å². The van der Waals surface area contributed by atoms with Crippen LogP contribution in [0.2, 0.25) is 0 Å². The molecule has 0 radical (unpaired) electrons. The zero-order valence-corrected chi connectivity index (χ0v) is 35.3. The van der Waals surface area contributed by atoms with Crippen molar-refractivity contribution in [2.75, 3.05) is 16.0 Å². The van der Waals surface area contributed by atoms with E-state index in [2.05, 4.69) is 16.0 Å². The number of hydrogen-bond acceptors (Lipinski definition) is 9. The molecule has 0 aliphatic heterocycles. The van der Waals surface area contributed by atoms with E-state index in [9.17, 15) is 14.4 Å². The number of thiophene rings is 3. The van der Waals surface area contributed by atoms with Crippen molar-refractivity contribution in [3.63, 3.8) is 0 Å². The van der Waals surface area contributed by atoms with Gasteiger partial charge in [-0.2, -0.15) is 0 Å². The lowest BCUT2D eigenvalue weighted by atomic mass is 9.95. The van der Waals surface area contributed by atoms with E-state index in [-0.39, 0.29) is 23.7 Å². The summed E-state index contributed by atoms with van der Waals surface area (Å²) in [7, 11) is 0. The molecule has 9 rings (SSSR count). The van der Waals surface area contributed by atoms with Crippen LogP contribution in [0.3, 0.4) is 0 Å². The predicted molar refractivity (Wildman–Crippen MR) is 235 cm³/mol. The van der Waals surface area contributed by atoms with Crippen LogP contribution in [0.1, 0.15) is 130 Å². The van der Waals surface area contributed by atoms with Gasteiger partial charge in [0.25, 0.3) is 5.91 Å². The van der Waals surface area contributed by atoms with E-state index in [4.69, 9.17) is 53.9 Å². The number of carbonyl (C=O) groups is 3. The van der Waals surface area contributed by atoms with Gasteiger partial charge in [0, 0.05) is 43.5 Å². The van der Waals surface area contributed by atoms with Crippen molar-refractivity contribution in [2.45, 2.75) is 116 Å². The second-order valence-corrected chi connectivity index (χ2v) is 19.8. The molecule has 6 aliphatic carbocycles. The number of nitrogens with one attached hydrogen (secondary N) is 3. The highest BCUT2D eigenvalue weighted by molar-refractivity contribution is 7.81. The second-order valence-electron chi connectivity index (χ2n) is 15.1. The molecule has 0 aromatic carbocycles. The maximum absolute atomic E-state index is 11.9. The quantitative estimate of drug-likeness (QED) is 0.117. The molecule has 0 unspecified atom stereocenters. The van der Waals surface area contributed by atoms with Crippen molar-refractivity contribution in [3.8, 4) is 0 Å². The van der Waals surface area contributed by atoms with Crippen molar-refractivity contribution in [1.29, 1.82) is 0 Å². The van der Waals surface area contributed by atoms with Crippen molar-refractivity contribution < 1.29 is 14.4 Å². The fraction of sp³-hybridized carbons (Fsp3) is 0.538. The smallest absolute Gasteiger partial charge is 0.251 e. The Labute approximate surface area is 345 Å². The largest absolute Gasteiger partial charge is 0.389 e. The molecule has 0 bridgehead atoms. The molecule has 0 saturated heterocycles. The maximum atomic E-state index is 11.9. The molecule has 54 heavy (non-hydrogen) atoms. The zero-order chi connectivity index (χ0) is 38.1. The van der Waals surface area contributed by atoms with Crippen LogP contribution in [0.5, 0.6) is 0 Å². The van der Waals surface area contributed by atoms with Crippen molar-refractivity contribution >= 4 is 118 Å². The molecule has 15 heteroatoms. The molecule has 6 aliphatic rings. The summed E-state index contributed by atoms with van der Waals surface area (Å²) in [5.41, 5.74) is 23.5. The number of primary amides is 1. The van der Waals surface area contributed by atoms with Crippen LogP contribution >= 0.6 is 70.7 Å². The standard InChI is InChI=1S/C13H16N2O2S.C13H16N2OS2.C13H16N2S3/c14-11(16)10-8-3-1-2-4-9(8)18-13(10)15-12(17)7-5-6-7;14-11(17)10-8-3-1-2-4-9(8)18-13(10)15-12(16)7-5-6-7;14-11(16)10-8-3-1-2-4-9(8)18-13(10)15-12(17)7-5-6-7/h7H,1-6H2,(H2,14,16)(H,15,17);7H,1-6H2,(H2,14,17)(H,15,16);7H,1-6H2,(H2,14,16)(H,15,17). The summed E-state index contributed by atoms with van der Waals surface area (Å²) in [4.78, 5) is 41.2. The number of carbonyl (C=O) groups excluding carboxylic acids is 3. The first-order valence-electron chi connectivity index (χ1n) is 19.3. The molecule has 3 heterocycles. The number of nitrogens with two attached hydrogens (primary N) is 3. The van der Waals surface area contributed by atoms with Crippen LogP contribution < -0.4 is 33.2 Å². The molecule has 3 aromatic heterocycles. The minimum atomic E-state index is -0.416. The predicted octanol–water partition coefficient (Wildman–Crippen LogP) is 8.09. The number of anilines is 3. The van der Waals surface area contributed by atoms with Gasteiger partial charge in [-0.1, -0.05) is 36.7 Å². The molecule has 3 fully saturated rings. The number of aryl methyl sites for hydroxylation is 3. The van der Waals surface area contributed by atoms with Gasteiger partial charge in [-0.25, -0.2) is 0 Å². The highest BCUT2D eigenvalue weighted by atomic mass is 32.1. The SMILES string of the molecule is NC(=O)c1c(NC(=O)C2CC2)sc2c1CCCC2.NC(=S)c1c(NC(=O)C2CC2)sc2c1CCCC2.NC(=S)c1c(NC(=S)C2CC2)sc2c1CCCC2. The summed E-state index contributed by atoms with van der Waals surface area (Å²) in [6.45, 7) is 0. The Morgan fingerprint density at radius 1 is 0.481 bits per heavy atom. The Morgan fingerprint density at radius 3 is 1.17 bits per heavy atom. The van der Waals surface area contributed by atoms with E-state index in [0.717, 1.165) is 109 Å². The first-order valence-corrected chi connectivity index (χ1v) is 22.9. The van der Waals surface area contributed by atoms with E-state index in [1.165, 1.54) is 75.6 Å². The zero-order valence-electron chi connectivity index (χ0n) is 30.4. The van der Waals surface area contributed by atoms with Crippen LogP contribution in [-0.2, 0) is 48.1 Å². The second kappa shape index (κ2) is 17.1. The highest BCUT2D eigenvalue weighted by Crippen LogP contribution is 2.42. The van der Waals surface area contributed by atoms with Gasteiger partial charge < -0.3 is 33.2 Å². The average Bonchev–Trinajstić information content (AvgIpc) is 4.03. The summed E-state index contributed by atoms with van der Waals surface area (Å²) < 4.78 is 0. The maximum Gasteiger partial charge on any atom is 0.251 e. The fourth-order valence-corrected chi connectivity index (χ4v) is 12.3. The van der Waals surface area contributed by atoms with Crippen molar-refractivity contribution in [1.82, 2.24) is 0 Å². The van der Waals surface area contributed by atoms with E-state index in [1.807, 2.05) is 0 Å². The number of thiocarbonyl (C=S) groups is 3. The van der Waals surface area contributed by atoms with Gasteiger partial charge in [0.15, 0.2) is 0 Å². The molecule has 3 saturated carbocycles. The molecule has 9 N–H and O–H groups in total. The van der Waals surface area contributed by atoms with Crippen LogP contribution in [0.15, 0.2) is 0 Å². The van der Waals surface area contributed by atoms with Crippen LogP contribution in [-0.4, -0.2) is 32.7 Å². The molecular weight excluding hydrogens is 793 g/mol. The molecule has 3 amide bonds. The van der Waals surface area contributed by atoms with Gasteiger partial charge in [0.2, 0.25) is 11.8 Å². The van der Waals surface area contributed by atoms with Crippen molar-refractivity contribution in [2.24, 2.45) is 35.0 Å². The monoisotopic (exact) mass is 840 g/mol. The third-order valence-corrected chi connectivity index (χ3v) is 15.3. The first-order chi connectivity index (χ1) is 26.0. The Kier molecular flexibility index (Phi) is 12.5. The lowest BCUT2D eigenvalue weighted by Crippen LogP contribution is -2.19. The van der Waals surface area contributed by atoms with Gasteiger partial charge in [-0.3, -0.25) is 14.4 Å². The Hall–Kier alpha value is -2.82. The van der Waals surface area contributed by atoms with Gasteiger partial charge in [-0.05, 0) is 132 Å². The third-order valence-electron chi connectivity index (χ3n) is 10.8. The fourth-order valence-electron chi connectivity index (χ4n) is 7.42. The number of hydrogen-bond donors (Lipinski definition) is 6. The van der Waals surface area contributed by atoms with E-state index >= 15 is 0 Å². The molecule has 9 nitrogen and oxygen atoms in total.